The lowest BCUT2D eigenvalue weighted by atomic mass is 9.72. The molecule has 0 aliphatic carbocycles. The topological polar surface area (TPSA) is 32.8 Å². The van der Waals surface area contributed by atoms with Crippen LogP contribution in [0.15, 0.2) is 60.7 Å². The van der Waals surface area contributed by atoms with Crippen LogP contribution in [-0.4, -0.2) is 41.1 Å². The summed E-state index contributed by atoms with van der Waals surface area (Å²) in [7, 11) is 0. The summed E-state index contributed by atoms with van der Waals surface area (Å²) in [6.07, 6.45) is 1.84. The second-order valence-electron chi connectivity index (χ2n) is 8.21. The number of nitrogens with zero attached hydrogens (tertiary/aromatic N) is 2. The summed E-state index contributed by atoms with van der Waals surface area (Å²) >= 11 is 0. The molecule has 2 atom stereocenters. The van der Waals surface area contributed by atoms with Crippen molar-refractivity contribution in [1.82, 2.24) is 9.80 Å². The minimum Gasteiger partial charge on any atom is -0.445 e. The van der Waals surface area contributed by atoms with Crippen molar-refractivity contribution < 1.29 is 9.53 Å². The highest BCUT2D eigenvalue weighted by molar-refractivity contribution is 5.70. The number of likely N-dealkylation sites (tertiary alicyclic amines) is 1. The Morgan fingerprint density at radius 3 is 2.24 bits per heavy atom. The van der Waals surface area contributed by atoms with E-state index in [1.165, 1.54) is 5.56 Å². The number of carbonyl (C=O) groups excluding carboxylic acids is 1. The van der Waals surface area contributed by atoms with Gasteiger partial charge in [0.2, 0.25) is 0 Å². The van der Waals surface area contributed by atoms with Crippen molar-refractivity contribution in [3.8, 4) is 0 Å². The van der Waals surface area contributed by atoms with E-state index in [4.69, 9.17) is 4.74 Å². The van der Waals surface area contributed by atoms with E-state index >= 15 is 0 Å². The van der Waals surface area contributed by atoms with E-state index in [1.807, 2.05) is 35.2 Å². The fourth-order valence-electron chi connectivity index (χ4n) is 4.48. The van der Waals surface area contributed by atoms with Gasteiger partial charge < -0.3 is 9.64 Å². The Morgan fingerprint density at radius 1 is 1.07 bits per heavy atom. The summed E-state index contributed by atoms with van der Waals surface area (Å²) in [5.74, 6) is 0.465. The smallest absolute Gasteiger partial charge is 0.410 e. The Kier molecular flexibility index (Phi) is 7.32. The van der Waals surface area contributed by atoms with Gasteiger partial charge in [0.05, 0.1) is 5.54 Å². The number of ether oxygens (including phenoxy) is 1. The molecule has 0 aromatic heterocycles. The monoisotopic (exact) mass is 394 g/mol. The zero-order valence-electron chi connectivity index (χ0n) is 18.0. The molecule has 2 aromatic rings. The summed E-state index contributed by atoms with van der Waals surface area (Å²) in [6, 6.07) is 20.5. The van der Waals surface area contributed by atoms with Crippen molar-refractivity contribution in [3.05, 3.63) is 71.8 Å². The Hall–Kier alpha value is -2.33. The maximum absolute atomic E-state index is 12.9. The van der Waals surface area contributed by atoms with Crippen molar-refractivity contribution in [1.29, 1.82) is 0 Å². The molecule has 4 heteroatoms. The molecule has 0 bridgehead atoms. The van der Waals surface area contributed by atoms with E-state index < -0.39 is 0 Å². The van der Waals surface area contributed by atoms with E-state index in [2.05, 4.69) is 56.0 Å². The minimum absolute atomic E-state index is 0.155. The minimum atomic E-state index is -0.190. The molecule has 0 N–H and O–H groups in total. The Balaban J connectivity index is 1.68. The number of hydrogen-bond donors (Lipinski definition) is 0. The zero-order valence-corrected chi connectivity index (χ0v) is 18.0. The van der Waals surface area contributed by atoms with Crippen LogP contribution in [0.5, 0.6) is 0 Å². The van der Waals surface area contributed by atoms with Crippen molar-refractivity contribution in [2.45, 2.75) is 52.3 Å². The largest absolute Gasteiger partial charge is 0.445 e. The highest BCUT2D eigenvalue weighted by Crippen LogP contribution is 2.41. The average Bonchev–Trinajstić information content (AvgIpc) is 2.75. The lowest BCUT2D eigenvalue weighted by Crippen LogP contribution is -2.71. The van der Waals surface area contributed by atoms with Crippen LogP contribution in [-0.2, 0) is 17.9 Å². The SMILES string of the molecule is CCCN(Cc1ccccc1)C[C@@]1(CC)[C@@H](C)CN1C(=O)OCc1ccccc1. The lowest BCUT2D eigenvalue weighted by molar-refractivity contribution is -0.0838. The molecule has 4 nitrogen and oxygen atoms in total. The summed E-state index contributed by atoms with van der Waals surface area (Å²) < 4.78 is 5.67. The van der Waals surface area contributed by atoms with Crippen molar-refractivity contribution >= 4 is 6.09 Å². The number of benzene rings is 2. The van der Waals surface area contributed by atoms with Crippen LogP contribution in [0, 0.1) is 5.92 Å². The predicted octanol–water partition coefficient (Wildman–Crippen LogP) is 5.34. The highest BCUT2D eigenvalue weighted by Gasteiger charge is 2.53. The van der Waals surface area contributed by atoms with Gasteiger partial charge in [-0.3, -0.25) is 4.90 Å². The predicted molar refractivity (Wildman–Crippen MR) is 118 cm³/mol. The van der Waals surface area contributed by atoms with E-state index in [0.717, 1.165) is 44.6 Å². The summed E-state index contributed by atoms with van der Waals surface area (Å²) in [5.41, 5.74) is 2.18. The molecule has 1 aliphatic rings. The molecular formula is C25H34N2O2. The highest BCUT2D eigenvalue weighted by atomic mass is 16.6. The van der Waals surface area contributed by atoms with Crippen molar-refractivity contribution in [3.63, 3.8) is 0 Å². The first-order chi connectivity index (χ1) is 14.1. The van der Waals surface area contributed by atoms with Gasteiger partial charge in [0, 0.05) is 19.6 Å². The third kappa shape index (κ3) is 4.99. The summed E-state index contributed by atoms with van der Waals surface area (Å²) in [5, 5.41) is 0. The Morgan fingerprint density at radius 2 is 1.69 bits per heavy atom. The average molecular weight is 395 g/mol. The second-order valence-corrected chi connectivity index (χ2v) is 8.21. The van der Waals surface area contributed by atoms with Crippen LogP contribution in [0.2, 0.25) is 0 Å². The molecule has 29 heavy (non-hydrogen) atoms. The number of amides is 1. The Bertz CT molecular complexity index is 765. The second kappa shape index (κ2) is 9.93. The van der Waals surface area contributed by atoms with Gasteiger partial charge in [0.15, 0.2) is 0 Å². The van der Waals surface area contributed by atoms with Gasteiger partial charge >= 0.3 is 6.09 Å². The molecule has 3 rings (SSSR count). The van der Waals surface area contributed by atoms with Gasteiger partial charge in [-0.2, -0.15) is 0 Å². The van der Waals surface area contributed by atoms with Crippen LogP contribution in [0.3, 0.4) is 0 Å². The van der Waals surface area contributed by atoms with E-state index in [1.54, 1.807) is 0 Å². The first-order valence-corrected chi connectivity index (χ1v) is 10.8. The molecule has 0 unspecified atom stereocenters. The van der Waals surface area contributed by atoms with Gasteiger partial charge in [-0.15, -0.1) is 0 Å². The number of rotatable bonds is 9. The van der Waals surface area contributed by atoms with E-state index in [0.29, 0.717) is 12.5 Å². The van der Waals surface area contributed by atoms with Crippen LogP contribution < -0.4 is 0 Å². The van der Waals surface area contributed by atoms with E-state index in [-0.39, 0.29) is 11.6 Å². The molecule has 0 saturated carbocycles. The van der Waals surface area contributed by atoms with Gasteiger partial charge in [-0.25, -0.2) is 4.79 Å². The quantitative estimate of drug-likeness (QED) is 0.576. The van der Waals surface area contributed by atoms with Crippen LogP contribution in [0.1, 0.15) is 44.7 Å². The van der Waals surface area contributed by atoms with Gasteiger partial charge in [0.1, 0.15) is 6.61 Å². The van der Waals surface area contributed by atoms with Gasteiger partial charge in [-0.1, -0.05) is 81.4 Å². The fraction of sp³-hybridized carbons (Fsp3) is 0.480. The number of hydrogen-bond acceptors (Lipinski definition) is 3. The molecule has 1 fully saturated rings. The molecule has 0 radical (unpaired) electrons. The van der Waals surface area contributed by atoms with Crippen LogP contribution >= 0.6 is 0 Å². The molecule has 1 amide bonds. The lowest BCUT2D eigenvalue weighted by Gasteiger charge is -2.58. The Labute approximate surface area is 175 Å². The third-order valence-electron chi connectivity index (χ3n) is 6.24. The van der Waals surface area contributed by atoms with Gasteiger partial charge in [0.25, 0.3) is 0 Å². The molecule has 156 valence electrons. The molecule has 1 aliphatic heterocycles. The van der Waals surface area contributed by atoms with Crippen molar-refractivity contribution in [2.75, 3.05) is 19.6 Å². The maximum Gasteiger partial charge on any atom is 0.410 e. The third-order valence-corrected chi connectivity index (χ3v) is 6.24. The van der Waals surface area contributed by atoms with Crippen LogP contribution in [0.25, 0.3) is 0 Å². The molecule has 1 heterocycles. The number of carbonyl (C=O) groups is 1. The molecule has 1 saturated heterocycles. The molecule has 2 aromatic carbocycles. The fourth-order valence-corrected chi connectivity index (χ4v) is 4.48. The molecular weight excluding hydrogens is 360 g/mol. The molecule has 0 spiro atoms. The van der Waals surface area contributed by atoms with Crippen LogP contribution in [0.4, 0.5) is 4.79 Å². The summed E-state index contributed by atoms with van der Waals surface area (Å²) in [6.45, 7) is 10.6. The first kappa shape index (κ1) is 21.4. The standard InChI is InChI=1S/C25H34N2O2/c1-4-16-26(18-22-12-8-6-9-13-22)20-25(5-2)21(3)17-27(25)24(28)29-19-23-14-10-7-11-15-23/h6-15,21H,4-5,16-20H2,1-3H3/t21-,25-/m0/s1. The zero-order chi connectivity index (χ0) is 20.7. The van der Waals surface area contributed by atoms with E-state index in [9.17, 15) is 4.79 Å². The normalized spacial score (nSPS) is 21.1. The van der Waals surface area contributed by atoms with Gasteiger partial charge in [-0.05, 0) is 36.4 Å². The first-order valence-electron chi connectivity index (χ1n) is 10.8. The van der Waals surface area contributed by atoms with Crippen molar-refractivity contribution in [2.24, 2.45) is 5.92 Å². The summed E-state index contributed by atoms with van der Waals surface area (Å²) in [4.78, 5) is 17.4. The maximum atomic E-state index is 12.9.